The Morgan fingerprint density at radius 2 is 1.92 bits per heavy atom. The molecule has 3 rings (SSSR count). The Morgan fingerprint density at radius 1 is 1.19 bits per heavy atom. The standard InChI is InChI=1S/C18H20ClN3O3S/c1-13-3-8-16(22-9-2-10-26(22,24)25)11-17(13)21-18(23)20-12-14-4-6-15(19)7-5-14/h3-8,11H,2,9-10,12H2,1H3,(H2,20,21,23). The molecule has 0 aliphatic carbocycles. The summed E-state index contributed by atoms with van der Waals surface area (Å²) in [6, 6.07) is 12.1. The maximum atomic E-state index is 12.2. The first-order chi connectivity index (χ1) is 12.3. The van der Waals surface area contributed by atoms with Crippen LogP contribution in [0.4, 0.5) is 16.2 Å². The molecule has 2 aromatic carbocycles. The fraction of sp³-hybridized carbons (Fsp3) is 0.278. The number of anilines is 2. The minimum atomic E-state index is -3.25. The van der Waals surface area contributed by atoms with Crippen LogP contribution in [0.1, 0.15) is 17.5 Å². The average molecular weight is 394 g/mol. The van der Waals surface area contributed by atoms with Crippen LogP contribution in [0.2, 0.25) is 5.02 Å². The van der Waals surface area contributed by atoms with Gasteiger partial charge in [-0.3, -0.25) is 4.31 Å². The largest absolute Gasteiger partial charge is 0.334 e. The number of benzene rings is 2. The summed E-state index contributed by atoms with van der Waals surface area (Å²) in [5.41, 5.74) is 2.93. The van der Waals surface area contributed by atoms with E-state index in [1.54, 1.807) is 30.3 Å². The van der Waals surface area contributed by atoms with Crippen LogP contribution in [0.15, 0.2) is 42.5 Å². The van der Waals surface area contributed by atoms with Gasteiger partial charge in [-0.1, -0.05) is 29.8 Å². The summed E-state index contributed by atoms with van der Waals surface area (Å²) in [7, 11) is -3.25. The Balaban J connectivity index is 1.68. The van der Waals surface area contributed by atoms with Gasteiger partial charge in [0.1, 0.15) is 0 Å². The first-order valence-corrected chi connectivity index (χ1v) is 10.2. The quantitative estimate of drug-likeness (QED) is 0.834. The number of urea groups is 1. The SMILES string of the molecule is Cc1ccc(N2CCCS2(=O)=O)cc1NC(=O)NCc1ccc(Cl)cc1. The number of nitrogens with zero attached hydrogens (tertiary/aromatic N) is 1. The van der Waals surface area contributed by atoms with Crippen LogP contribution in [-0.2, 0) is 16.6 Å². The molecule has 0 bridgehead atoms. The van der Waals surface area contributed by atoms with Crippen LogP contribution >= 0.6 is 11.6 Å². The third-order valence-corrected chi connectivity index (χ3v) is 6.34. The molecule has 26 heavy (non-hydrogen) atoms. The molecule has 0 saturated carbocycles. The molecule has 0 radical (unpaired) electrons. The van der Waals surface area contributed by atoms with Gasteiger partial charge in [-0.05, 0) is 48.7 Å². The maximum Gasteiger partial charge on any atom is 0.319 e. The van der Waals surface area contributed by atoms with Crippen molar-refractivity contribution in [3.8, 4) is 0 Å². The monoisotopic (exact) mass is 393 g/mol. The normalized spacial score (nSPS) is 15.7. The van der Waals surface area contributed by atoms with Gasteiger partial charge in [-0.2, -0.15) is 0 Å². The first kappa shape index (κ1) is 18.5. The number of hydrogen-bond donors (Lipinski definition) is 2. The number of amides is 2. The molecular weight excluding hydrogens is 374 g/mol. The van der Waals surface area contributed by atoms with Gasteiger partial charge < -0.3 is 10.6 Å². The number of carbonyl (C=O) groups is 1. The minimum absolute atomic E-state index is 0.158. The highest BCUT2D eigenvalue weighted by Gasteiger charge is 2.28. The Hall–Kier alpha value is -2.25. The van der Waals surface area contributed by atoms with Crippen molar-refractivity contribution in [2.75, 3.05) is 21.9 Å². The minimum Gasteiger partial charge on any atom is -0.334 e. The molecule has 0 atom stereocenters. The van der Waals surface area contributed by atoms with Gasteiger partial charge in [-0.15, -0.1) is 0 Å². The maximum absolute atomic E-state index is 12.2. The van der Waals surface area contributed by atoms with Crippen LogP contribution < -0.4 is 14.9 Å². The van der Waals surface area contributed by atoms with E-state index in [1.165, 1.54) is 4.31 Å². The van der Waals surface area contributed by atoms with Crippen LogP contribution in [0, 0.1) is 6.92 Å². The summed E-state index contributed by atoms with van der Waals surface area (Å²) in [5, 5.41) is 6.20. The van der Waals surface area contributed by atoms with Gasteiger partial charge in [0, 0.05) is 23.8 Å². The number of halogens is 1. The topological polar surface area (TPSA) is 78.5 Å². The summed E-state index contributed by atoms with van der Waals surface area (Å²) in [5.74, 6) is 0.158. The summed E-state index contributed by atoms with van der Waals surface area (Å²) >= 11 is 5.84. The van der Waals surface area contributed by atoms with Gasteiger partial charge in [-0.25, -0.2) is 13.2 Å². The van der Waals surface area contributed by atoms with Crippen molar-refractivity contribution in [2.45, 2.75) is 19.9 Å². The second kappa shape index (κ2) is 7.55. The fourth-order valence-electron chi connectivity index (χ4n) is 2.78. The molecule has 2 N–H and O–H groups in total. The lowest BCUT2D eigenvalue weighted by Gasteiger charge is -2.19. The molecule has 138 valence electrons. The molecule has 1 aliphatic rings. The molecule has 1 fully saturated rings. The Morgan fingerprint density at radius 3 is 2.58 bits per heavy atom. The molecule has 6 nitrogen and oxygen atoms in total. The first-order valence-electron chi connectivity index (χ1n) is 8.25. The number of sulfonamides is 1. The summed E-state index contributed by atoms with van der Waals surface area (Å²) < 4.78 is 25.6. The van der Waals surface area contributed by atoms with E-state index in [0.29, 0.717) is 35.9 Å². The van der Waals surface area contributed by atoms with Gasteiger partial charge in [0.25, 0.3) is 0 Å². The highest BCUT2D eigenvalue weighted by atomic mass is 35.5. The molecule has 2 aromatic rings. The van der Waals surface area contributed by atoms with Crippen LogP contribution in [-0.4, -0.2) is 26.7 Å². The molecular formula is C18H20ClN3O3S. The third-order valence-electron chi connectivity index (χ3n) is 4.22. The number of carbonyl (C=O) groups excluding carboxylic acids is 1. The van der Waals surface area contributed by atoms with E-state index in [0.717, 1.165) is 11.1 Å². The highest BCUT2D eigenvalue weighted by Crippen LogP contribution is 2.28. The van der Waals surface area contributed by atoms with Crippen LogP contribution in [0.3, 0.4) is 0 Å². The number of nitrogens with one attached hydrogen (secondary N) is 2. The van der Waals surface area contributed by atoms with E-state index >= 15 is 0 Å². The Labute approximate surface area is 158 Å². The zero-order valence-corrected chi connectivity index (χ0v) is 15.9. The fourth-order valence-corrected chi connectivity index (χ4v) is 4.46. The summed E-state index contributed by atoms with van der Waals surface area (Å²) in [6.45, 7) is 2.69. The summed E-state index contributed by atoms with van der Waals surface area (Å²) in [4.78, 5) is 12.2. The van der Waals surface area contributed by atoms with Crippen molar-refractivity contribution in [2.24, 2.45) is 0 Å². The van der Waals surface area contributed by atoms with Gasteiger partial charge in [0.15, 0.2) is 0 Å². The number of hydrogen-bond acceptors (Lipinski definition) is 3. The van der Waals surface area contributed by atoms with Gasteiger partial charge >= 0.3 is 6.03 Å². The van der Waals surface area contributed by atoms with E-state index in [-0.39, 0.29) is 11.8 Å². The van der Waals surface area contributed by atoms with Gasteiger partial charge in [0.05, 0.1) is 11.4 Å². The van der Waals surface area contributed by atoms with Crippen molar-refractivity contribution in [3.05, 3.63) is 58.6 Å². The Kier molecular flexibility index (Phi) is 5.38. The average Bonchev–Trinajstić information content (AvgIpc) is 2.95. The zero-order valence-electron chi connectivity index (χ0n) is 14.3. The predicted octanol–water partition coefficient (Wildman–Crippen LogP) is 3.51. The van der Waals surface area contributed by atoms with E-state index in [9.17, 15) is 13.2 Å². The van der Waals surface area contributed by atoms with Crippen LogP contribution in [0.25, 0.3) is 0 Å². The van der Waals surface area contributed by atoms with E-state index in [4.69, 9.17) is 11.6 Å². The molecule has 8 heteroatoms. The zero-order chi connectivity index (χ0) is 18.7. The molecule has 0 spiro atoms. The van der Waals surface area contributed by atoms with Crippen molar-refractivity contribution in [1.82, 2.24) is 5.32 Å². The van der Waals surface area contributed by atoms with E-state index in [1.807, 2.05) is 19.1 Å². The Bertz CT molecular complexity index is 914. The van der Waals surface area contributed by atoms with Crippen LogP contribution in [0.5, 0.6) is 0 Å². The number of rotatable bonds is 4. The van der Waals surface area contributed by atoms with Crippen molar-refractivity contribution in [1.29, 1.82) is 0 Å². The third kappa shape index (κ3) is 4.28. The van der Waals surface area contributed by atoms with Crippen molar-refractivity contribution < 1.29 is 13.2 Å². The molecule has 0 unspecified atom stereocenters. The lowest BCUT2D eigenvalue weighted by molar-refractivity contribution is 0.251. The molecule has 0 aromatic heterocycles. The van der Waals surface area contributed by atoms with E-state index < -0.39 is 10.0 Å². The second-order valence-electron chi connectivity index (χ2n) is 6.18. The van der Waals surface area contributed by atoms with Crippen molar-refractivity contribution >= 4 is 39.0 Å². The predicted molar refractivity (Wildman–Crippen MR) is 104 cm³/mol. The lowest BCUT2D eigenvalue weighted by Crippen LogP contribution is -2.29. The van der Waals surface area contributed by atoms with E-state index in [2.05, 4.69) is 10.6 Å². The lowest BCUT2D eigenvalue weighted by atomic mass is 10.2. The molecule has 1 saturated heterocycles. The summed E-state index contributed by atoms with van der Waals surface area (Å²) in [6.07, 6.45) is 0.612. The van der Waals surface area contributed by atoms with Gasteiger partial charge in [0.2, 0.25) is 10.0 Å². The second-order valence-corrected chi connectivity index (χ2v) is 8.62. The number of aryl methyl sites for hydroxylation is 1. The molecule has 1 aliphatic heterocycles. The highest BCUT2D eigenvalue weighted by molar-refractivity contribution is 7.93. The molecule has 1 heterocycles. The van der Waals surface area contributed by atoms with Crippen molar-refractivity contribution in [3.63, 3.8) is 0 Å². The molecule has 2 amide bonds. The smallest absolute Gasteiger partial charge is 0.319 e.